The van der Waals surface area contributed by atoms with Crippen LogP contribution in [0.1, 0.15) is 38.4 Å². The lowest BCUT2D eigenvalue weighted by Gasteiger charge is -2.13. The Bertz CT molecular complexity index is 321. The van der Waals surface area contributed by atoms with Crippen molar-refractivity contribution in [3.8, 4) is 0 Å². The van der Waals surface area contributed by atoms with E-state index in [-0.39, 0.29) is 5.41 Å². The average molecular weight is 224 g/mol. The second-order valence-corrected chi connectivity index (χ2v) is 5.40. The SMILES string of the molecule is CCNC/C=C/c1csc(C(C)(C)C)n1. The highest BCUT2D eigenvalue weighted by molar-refractivity contribution is 7.09. The molecule has 3 heteroatoms. The van der Waals surface area contributed by atoms with E-state index in [2.05, 4.69) is 55.5 Å². The normalized spacial score (nSPS) is 12.5. The van der Waals surface area contributed by atoms with Gasteiger partial charge in [0.1, 0.15) is 0 Å². The number of likely N-dealkylation sites (N-methyl/N-ethyl adjacent to an activating group) is 1. The molecule has 0 saturated carbocycles. The molecule has 0 aliphatic heterocycles. The van der Waals surface area contributed by atoms with Crippen LogP contribution in [-0.2, 0) is 5.41 Å². The van der Waals surface area contributed by atoms with Gasteiger partial charge in [-0.15, -0.1) is 11.3 Å². The summed E-state index contributed by atoms with van der Waals surface area (Å²) in [7, 11) is 0. The molecule has 1 rings (SSSR count). The fraction of sp³-hybridized carbons (Fsp3) is 0.583. The smallest absolute Gasteiger partial charge is 0.0985 e. The highest BCUT2D eigenvalue weighted by atomic mass is 32.1. The lowest BCUT2D eigenvalue weighted by atomic mass is 9.98. The van der Waals surface area contributed by atoms with Gasteiger partial charge in [0.25, 0.3) is 0 Å². The highest BCUT2D eigenvalue weighted by Crippen LogP contribution is 2.25. The largest absolute Gasteiger partial charge is 0.314 e. The topological polar surface area (TPSA) is 24.9 Å². The highest BCUT2D eigenvalue weighted by Gasteiger charge is 2.16. The quantitative estimate of drug-likeness (QED) is 0.795. The molecule has 0 radical (unpaired) electrons. The molecule has 0 saturated heterocycles. The molecule has 0 fully saturated rings. The first-order valence-electron chi connectivity index (χ1n) is 5.37. The first-order chi connectivity index (χ1) is 7.04. The Morgan fingerprint density at radius 3 is 2.73 bits per heavy atom. The lowest BCUT2D eigenvalue weighted by Crippen LogP contribution is -2.11. The van der Waals surface area contributed by atoms with Crippen molar-refractivity contribution >= 4 is 17.4 Å². The number of thiazole rings is 1. The van der Waals surface area contributed by atoms with Crippen LogP contribution in [0, 0.1) is 0 Å². The minimum absolute atomic E-state index is 0.165. The molecule has 0 bridgehead atoms. The maximum absolute atomic E-state index is 4.58. The molecule has 0 amide bonds. The van der Waals surface area contributed by atoms with Gasteiger partial charge in [-0.05, 0) is 12.6 Å². The van der Waals surface area contributed by atoms with Crippen LogP contribution < -0.4 is 5.32 Å². The Kier molecular flexibility index (Phi) is 4.48. The maximum Gasteiger partial charge on any atom is 0.0985 e. The zero-order chi connectivity index (χ0) is 11.3. The van der Waals surface area contributed by atoms with Crippen LogP contribution in [0.2, 0.25) is 0 Å². The van der Waals surface area contributed by atoms with E-state index < -0.39 is 0 Å². The predicted octanol–water partition coefficient (Wildman–Crippen LogP) is 3.06. The molecule has 0 aromatic carbocycles. The average Bonchev–Trinajstić information content (AvgIpc) is 2.60. The van der Waals surface area contributed by atoms with Gasteiger partial charge in [-0.1, -0.05) is 33.8 Å². The number of rotatable bonds is 4. The summed E-state index contributed by atoms with van der Waals surface area (Å²) in [5.41, 5.74) is 1.24. The van der Waals surface area contributed by atoms with Gasteiger partial charge in [0.2, 0.25) is 0 Å². The Morgan fingerprint density at radius 1 is 1.47 bits per heavy atom. The molecule has 1 aromatic rings. The van der Waals surface area contributed by atoms with Gasteiger partial charge in [0, 0.05) is 17.3 Å². The van der Waals surface area contributed by atoms with E-state index >= 15 is 0 Å². The summed E-state index contributed by atoms with van der Waals surface area (Å²) in [5.74, 6) is 0. The molecule has 1 aromatic heterocycles. The van der Waals surface area contributed by atoms with Crippen molar-refractivity contribution < 1.29 is 0 Å². The maximum atomic E-state index is 4.58. The Hall–Kier alpha value is -0.670. The zero-order valence-electron chi connectivity index (χ0n) is 10.0. The standard InChI is InChI=1S/C12H20N2S/c1-5-13-8-6-7-10-9-15-11(14-10)12(2,3)4/h6-7,9,13H,5,8H2,1-4H3/b7-6+. The molecule has 0 aliphatic rings. The van der Waals surface area contributed by atoms with E-state index in [9.17, 15) is 0 Å². The molecule has 0 spiro atoms. The fourth-order valence-corrected chi connectivity index (χ4v) is 1.99. The van der Waals surface area contributed by atoms with Crippen molar-refractivity contribution in [1.29, 1.82) is 0 Å². The van der Waals surface area contributed by atoms with E-state index in [1.54, 1.807) is 11.3 Å². The number of nitrogens with one attached hydrogen (secondary N) is 1. The van der Waals surface area contributed by atoms with E-state index in [0.29, 0.717) is 0 Å². The summed E-state index contributed by atoms with van der Waals surface area (Å²) in [5, 5.41) is 6.56. The van der Waals surface area contributed by atoms with Gasteiger partial charge in [0.15, 0.2) is 0 Å². The third-order valence-electron chi connectivity index (χ3n) is 1.96. The van der Waals surface area contributed by atoms with E-state index in [1.807, 2.05) is 0 Å². The second kappa shape index (κ2) is 5.42. The van der Waals surface area contributed by atoms with Crippen molar-refractivity contribution in [2.24, 2.45) is 0 Å². The summed E-state index contributed by atoms with van der Waals surface area (Å²) in [6.45, 7) is 10.6. The summed E-state index contributed by atoms with van der Waals surface area (Å²) >= 11 is 1.74. The Morgan fingerprint density at radius 2 is 2.20 bits per heavy atom. The number of nitrogens with zero attached hydrogens (tertiary/aromatic N) is 1. The molecule has 0 aliphatic carbocycles. The Labute approximate surface area is 96.4 Å². The third kappa shape index (κ3) is 4.14. The van der Waals surface area contributed by atoms with Gasteiger partial charge in [-0.2, -0.15) is 0 Å². The van der Waals surface area contributed by atoms with Crippen molar-refractivity contribution in [1.82, 2.24) is 10.3 Å². The number of hydrogen-bond acceptors (Lipinski definition) is 3. The monoisotopic (exact) mass is 224 g/mol. The van der Waals surface area contributed by atoms with Crippen molar-refractivity contribution in [3.05, 3.63) is 22.2 Å². The zero-order valence-corrected chi connectivity index (χ0v) is 10.8. The van der Waals surface area contributed by atoms with Crippen molar-refractivity contribution in [2.45, 2.75) is 33.1 Å². The number of hydrogen-bond donors (Lipinski definition) is 1. The van der Waals surface area contributed by atoms with Crippen LogP contribution in [-0.4, -0.2) is 18.1 Å². The van der Waals surface area contributed by atoms with E-state index in [4.69, 9.17) is 0 Å². The van der Waals surface area contributed by atoms with Gasteiger partial charge in [-0.25, -0.2) is 4.98 Å². The van der Waals surface area contributed by atoms with Crippen LogP contribution >= 0.6 is 11.3 Å². The predicted molar refractivity (Wildman–Crippen MR) is 68.4 cm³/mol. The molecule has 2 nitrogen and oxygen atoms in total. The Balaban J connectivity index is 2.57. The van der Waals surface area contributed by atoms with E-state index in [0.717, 1.165) is 18.8 Å². The van der Waals surface area contributed by atoms with Crippen molar-refractivity contribution in [2.75, 3.05) is 13.1 Å². The molecular formula is C12H20N2S. The first-order valence-corrected chi connectivity index (χ1v) is 6.25. The minimum Gasteiger partial charge on any atom is -0.314 e. The van der Waals surface area contributed by atoms with Gasteiger partial charge in [0.05, 0.1) is 10.7 Å². The summed E-state index contributed by atoms with van der Waals surface area (Å²) in [4.78, 5) is 4.58. The molecule has 1 N–H and O–H groups in total. The van der Waals surface area contributed by atoms with Crippen LogP contribution in [0.5, 0.6) is 0 Å². The fourth-order valence-electron chi connectivity index (χ4n) is 1.11. The summed E-state index contributed by atoms with van der Waals surface area (Å²) in [6, 6.07) is 0. The lowest BCUT2D eigenvalue weighted by molar-refractivity contribution is 0.585. The molecular weight excluding hydrogens is 204 g/mol. The van der Waals surface area contributed by atoms with Crippen LogP contribution in [0.4, 0.5) is 0 Å². The van der Waals surface area contributed by atoms with E-state index in [1.165, 1.54) is 5.01 Å². The van der Waals surface area contributed by atoms with Crippen LogP contribution in [0.3, 0.4) is 0 Å². The molecule has 1 heterocycles. The number of aromatic nitrogens is 1. The van der Waals surface area contributed by atoms with Gasteiger partial charge >= 0.3 is 0 Å². The first kappa shape index (κ1) is 12.4. The van der Waals surface area contributed by atoms with Crippen LogP contribution in [0.25, 0.3) is 6.08 Å². The van der Waals surface area contributed by atoms with Crippen molar-refractivity contribution in [3.63, 3.8) is 0 Å². The molecule has 84 valence electrons. The molecule has 0 atom stereocenters. The summed E-state index contributed by atoms with van der Waals surface area (Å²) in [6.07, 6.45) is 4.19. The van der Waals surface area contributed by atoms with Gasteiger partial charge < -0.3 is 5.32 Å². The molecule has 0 unspecified atom stereocenters. The molecule has 15 heavy (non-hydrogen) atoms. The van der Waals surface area contributed by atoms with Crippen LogP contribution in [0.15, 0.2) is 11.5 Å². The second-order valence-electron chi connectivity index (χ2n) is 4.54. The van der Waals surface area contributed by atoms with Gasteiger partial charge in [-0.3, -0.25) is 0 Å². The summed E-state index contributed by atoms with van der Waals surface area (Å²) < 4.78 is 0. The third-order valence-corrected chi connectivity index (χ3v) is 3.25. The minimum atomic E-state index is 0.165.